The van der Waals surface area contributed by atoms with E-state index in [9.17, 15) is 14.7 Å². The first-order valence-corrected chi connectivity index (χ1v) is 10.7. The van der Waals surface area contributed by atoms with Crippen LogP contribution in [0.5, 0.6) is 0 Å². The maximum atomic E-state index is 13.4. The molecule has 4 heterocycles. The number of nitrogens with zero attached hydrogens (tertiary/aromatic N) is 2. The molecule has 3 aromatic rings. The highest BCUT2D eigenvalue weighted by Crippen LogP contribution is 2.41. The monoisotopic (exact) mass is 418 g/mol. The Hall–Kier alpha value is -2.99. The predicted molar refractivity (Wildman–Crippen MR) is 118 cm³/mol. The van der Waals surface area contributed by atoms with Gasteiger partial charge in [-0.15, -0.1) is 0 Å². The van der Waals surface area contributed by atoms with Gasteiger partial charge >= 0.3 is 5.97 Å². The van der Waals surface area contributed by atoms with E-state index in [-0.39, 0.29) is 18.6 Å². The topological polar surface area (TPSA) is 81.4 Å². The van der Waals surface area contributed by atoms with Gasteiger partial charge in [0.05, 0.1) is 29.0 Å². The highest BCUT2D eigenvalue weighted by atomic mass is 16.6. The number of aliphatic hydroxyl groups is 1. The van der Waals surface area contributed by atoms with Crippen LogP contribution < -0.4 is 5.56 Å². The number of carbonyl (C=O) groups excluding carboxylic acids is 1. The molecule has 1 N–H and O–H groups in total. The second kappa shape index (κ2) is 6.26. The number of esters is 1. The van der Waals surface area contributed by atoms with Crippen LogP contribution >= 0.6 is 0 Å². The van der Waals surface area contributed by atoms with E-state index in [1.807, 2.05) is 0 Å². The highest BCUT2D eigenvalue weighted by molar-refractivity contribution is 5.94. The van der Waals surface area contributed by atoms with E-state index >= 15 is 0 Å². The second-order valence-corrected chi connectivity index (χ2v) is 8.89. The molecule has 5 rings (SSSR count). The first-order chi connectivity index (χ1) is 14.6. The van der Waals surface area contributed by atoms with Gasteiger partial charge in [-0.1, -0.05) is 6.92 Å². The predicted octanol–water partition coefficient (Wildman–Crippen LogP) is 3.62. The lowest BCUT2D eigenvalue weighted by Gasteiger charge is -2.31. The van der Waals surface area contributed by atoms with Crippen molar-refractivity contribution in [2.75, 3.05) is 0 Å². The molecule has 1 atom stereocenters. The number of rotatable bonds is 1. The number of ether oxygens (including phenoxy) is 1. The summed E-state index contributed by atoms with van der Waals surface area (Å²) in [6, 6.07) is 1.77. The number of hydrogen-bond donors (Lipinski definition) is 1. The van der Waals surface area contributed by atoms with Crippen molar-refractivity contribution in [1.82, 2.24) is 9.55 Å². The Bertz CT molecular complexity index is 1400. The van der Waals surface area contributed by atoms with Gasteiger partial charge in [-0.3, -0.25) is 4.79 Å². The molecule has 0 radical (unpaired) electrons. The summed E-state index contributed by atoms with van der Waals surface area (Å²) in [6.07, 6.45) is 0.134. The number of fused-ring (bicyclic) bond motifs is 5. The summed E-state index contributed by atoms with van der Waals surface area (Å²) in [5.74, 6) is -0.703. The molecule has 2 aliphatic heterocycles. The van der Waals surface area contributed by atoms with Crippen LogP contribution in [-0.2, 0) is 28.3 Å². The molecule has 0 aliphatic carbocycles. The molecule has 0 amide bonds. The number of benzene rings is 1. The zero-order valence-corrected chi connectivity index (χ0v) is 18.8. The molecule has 0 saturated heterocycles. The molecule has 0 saturated carbocycles. The van der Waals surface area contributed by atoms with Gasteiger partial charge in [0.1, 0.15) is 6.61 Å². The van der Waals surface area contributed by atoms with E-state index in [1.54, 1.807) is 17.6 Å². The normalized spacial score (nSPS) is 19.3. The average molecular weight is 418 g/mol. The zero-order chi connectivity index (χ0) is 22.4. The van der Waals surface area contributed by atoms with E-state index in [1.165, 1.54) is 16.7 Å². The van der Waals surface area contributed by atoms with Crippen molar-refractivity contribution in [2.24, 2.45) is 0 Å². The van der Waals surface area contributed by atoms with Crippen molar-refractivity contribution in [1.29, 1.82) is 0 Å². The van der Waals surface area contributed by atoms with Crippen molar-refractivity contribution in [3.8, 4) is 11.4 Å². The molecule has 31 heavy (non-hydrogen) atoms. The maximum Gasteiger partial charge on any atom is 0.343 e. The van der Waals surface area contributed by atoms with Gasteiger partial charge in [-0.25, -0.2) is 9.78 Å². The van der Waals surface area contributed by atoms with Crippen LogP contribution in [0.15, 0.2) is 10.9 Å². The van der Waals surface area contributed by atoms with Crippen LogP contribution in [0.3, 0.4) is 0 Å². The van der Waals surface area contributed by atoms with Crippen LogP contribution in [0.1, 0.15) is 57.9 Å². The van der Waals surface area contributed by atoms with E-state index in [4.69, 9.17) is 9.72 Å². The Morgan fingerprint density at radius 1 is 1.03 bits per heavy atom. The summed E-state index contributed by atoms with van der Waals surface area (Å²) in [4.78, 5) is 30.8. The number of carbonyl (C=O) groups is 1. The van der Waals surface area contributed by atoms with Gasteiger partial charge in [0.2, 0.25) is 0 Å². The minimum Gasteiger partial charge on any atom is -0.458 e. The smallest absolute Gasteiger partial charge is 0.343 e. The van der Waals surface area contributed by atoms with Crippen LogP contribution in [0.25, 0.3) is 22.3 Å². The Balaban J connectivity index is 1.88. The van der Waals surface area contributed by atoms with Crippen molar-refractivity contribution >= 4 is 16.9 Å². The number of aryl methyl sites for hydroxylation is 3. The Kier molecular flexibility index (Phi) is 4.03. The van der Waals surface area contributed by atoms with Gasteiger partial charge in [-0.2, -0.15) is 0 Å². The number of cyclic esters (lactones) is 1. The lowest BCUT2D eigenvalue weighted by Crippen LogP contribution is -2.44. The Labute approximate surface area is 180 Å². The lowest BCUT2D eigenvalue weighted by molar-refractivity contribution is -0.172. The number of aromatic nitrogens is 2. The quantitative estimate of drug-likeness (QED) is 0.478. The van der Waals surface area contributed by atoms with Gasteiger partial charge in [0.25, 0.3) is 5.56 Å². The van der Waals surface area contributed by atoms with E-state index < -0.39 is 11.6 Å². The van der Waals surface area contributed by atoms with Crippen molar-refractivity contribution in [3.05, 3.63) is 60.9 Å². The fraction of sp³-hybridized carbons (Fsp3) is 0.400. The highest BCUT2D eigenvalue weighted by Gasteiger charge is 2.45. The van der Waals surface area contributed by atoms with Crippen molar-refractivity contribution in [3.63, 3.8) is 0 Å². The standard InChI is InChI=1S/C25H26N2O4/c1-7-25(30)18-8-19-22-16(9-27(19)23(28)17(18)10-31-24(25)29)15(6)20-13(4)11(2)12(3)14(5)21(20)26-22/h8,30H,7,9-10H2,1-6H3/t25-/m0/s1. The SMILES string of the molecule is CC[C@@]1(O)C(=O)OCc2c1cc1n(c2=O)Cc2c-1nc1c(C)c(C)c(C)c(C)c1c2C. The molecule has 2 aromatic heterocycles. The largest absolute Gasteiger partial charge is 0.458 e. The summed E-state index contributed by atoms with van der Waals surface area (Å²) < 4.78 is 6.85. The minimum absolute atomic E-state index is 0.114. The minimum atomic E-state index is -1.81. The van der Waals surface area contributed by atoms with Crippen molar-refractivity contribution < 1.29 is 14.6 Å². The molecule has 0 fully saturated rings. The fourth-order valence-electron chi connectivity index (χ4n) is 5.22. The molecule has 6 nitrogen and oxygen atoms in total. The van der Waals surface area contributed by atoms with Gasteiger partial charge in [0.15, 0.2) is 5.60 Å². The number of hydrogen-bond acceptors (Lipinski definition) is 5. The van der Waals surface area contributed by atoms with Gasteiger partial charge in [-0.05, 0) is 74.9 Å². The van der Waals surface area contributed by atoms with E-state index in [0.717, 1.165) is 33.3 Å². The molecule has 0 spiro atoms. The zero-order valence-electron chi connectivity index (χ0n) is 18.8. The molecular formula is C25H26N2O4. The summed E-state index contributed by atoms with van der Waals surface area (Å²) in [5, 5.41) is 12.2. The number of pyridine rings is 2. The summed E-state index contributed by atoms with van der Waals surface area (Å²) in [6.45, 7) is 12.6. The van der Waals surface area contributed by atoms with Gasteiger partial charge in [0, 0.05) is 16.5 Å². The molecule has 2 aliphatic rings. The van der Waals surface area contributed by atoms with Crippen LogP contribution in [-0.4, -0.2) is 20.6 Å². The Morgan fingerprint density at radius 3 is 2.39 bits per heavy atom. The van der Waals surface area contributed by atoms with Crippen molar-refractivity contribution in [2.45, 2.75) is 66.7 Å². The van der Waals surface area contributed by atoms with E-state index in [2.05, 4.69) is 34.6 Å². The third kappa shape index (κ3) is 2.34. The molecule has 160 valence electrons. The third-order valence-corrected chi connectivity index (χ3v) is 7.59. The van der Waals surface area contributed by atoms with E-state index in [0.29, 0.717) is 23.4 Å². The molecule has 6 heteroatoms. The summed E-state index contributed by atoms with van der Waals surface area (Å²) >= 11 is 0. The van der Waals surface area contributed by atoms with Gasteiger partial charge < -0.3 is 14.4 Å². The molecular weight excluding hydrogens is 392 g/mol. The molecule has 0 bridgehead atoms. The van der Waals surface area contributed by atoms with Crippen LogP contribution in [0, 0.1) is 34.6 Å². The average Bonchev–Trinajstić information content (AvgIpc) is 3.13. The first-order valence-electron chi connectivity index (χ1n) is 10.7. The van der Waals surface area contributed by atoms with Crippen LogP contribution in [0.4, 0.5) is 0 Å². The maximum absolute atomic E-state index is 13.4. The fourth-order valence-corrected chi connectivity index (χ4v) is 5.22. The van der Waals surface area contributed by atoms with Crippen LogP contribution in [0.2, 0.25) is 0 Å². The summed E-state index contributed by atoms with van der Waals surface area (Å²) in [7, 11) is 0. The molecule has 1 aromatic carbocycles. The third-order valence-electron chi connectivity index (χ3n) is 7.59. The lowest BCUT2D eigenvalue weighted by atomic mass is 9.86. The Morgan fingerprint density at radius 2 is 1.71 bits per heavy atom. The first kappa shape index (κ1) is 19.9. The molecule has 0 unspecified atom stereocenters. The summed E-state index contributed by atoms with van der Waals surface area (Å²) in [5.41, 5.74) is 8.00. The second-order valence-electron chi connectivity index (χ2n) is 8.89.